The largest absolute Gasteiger partial charge is 0.385 e. The first-order chi connectivity index (χ1) is 12.8. The second-order valence-electron chi connectivity index (χ2n) is 6.07. The highest BCUT2D eigenvalue weighted by molar-refractivity contribution is 9.10. The highest BCUT2D eigenvalue weighted by Gasteiger charge is 2.17. The fourth-order valence-electron chi connectivity index (χ4n) is 2.40. The van der Waals surface area contributed by atoms with Crippen molar-refractivity contribution in [3.8, 4) is 0 Å². The lowest BCUT2D eigenvalue weighted by Crippen LogP contribution is -2.25. The standard InChI is InChI=1S/C19H23BrN2O4S/c1-14-8-9-17(20)18(12-14)22-27(24,25)16-7-5-6-15(13-16)19(23)21-10-3-4-11-26-2/h5-9,12-13,22H,3-4,10-11H2,1-2H3,(H,21,23). The summed E-state index contributed by atoms with van der Waals surface area (Å²) in [5, 5.41) is 2.79. The normalized spacial score (nSPS) is 11.2. The lowest BCUT2D eigenvalue weighted by molar-refractivity contribution is 0.0951. The Kier molecular flexibility index (Phi) is 7.82. The van der Waals surface area contributed by atoms with E-state index in [0.717, 1.165) is 18.4 Å². The Morgan fingerprint density at radius 1 is 1.15 bits per heavy atom. The van der Waals surface area contributed by atoms with E-state index in [1.165, 1.54) is 12.1 Å². The molecular formula is C19H23BrN2O4S. The number of carbonyl (C=O) groups excluding carboxylic acids is 1. The summed E-state index contributed by atoms with van der Waals surface area (Å²) >= 11 is 3.34. The van der Waals surface area contributed by atoms with Crippen LogP contribution in [0.3, 0.4) is 0 Å². The van der Waals surface area contributed by atoms with Gasteiger partial charge < -0.3 is 10.1 Å². The van der Waals surface area contributed by atoms with Gasteiger partial charge >= 0.3 is 0 Å². The molecule has 0 bridgehead atoms. The number of aryl methyl sites for hydroxylation is 1. The smallest absolute Gasteiger partial charge is 0.261 e. The second kappa shape index (κ2) is 9.87. The van der Waals surface area contributed by atoms with Crippen molar-refractivity contribution in [2.75, 3.05) is 25.0 Å². The maximum atomic E-state index is 12.7. The zero-order chi connectivity index (χ0) is 19.9. The van der Waals surface area contributed by atoms with Crippen LogP contribution in [0.25, 0.3) is 0 Å². The summed E-state index contributed by atoms with van der Waals surface area (Å²) in [6.07, 6.45) is 1.64. The molecule has 0 spiro atoms. The number of amides is 1. The molecule has 2 N–H and O–H groups in total. The van der Waals surface area contributed by atoms with Gasteiger partial charge in [0.1, 0.15) is 0 Å². The van der Waals surface area contributed by atoms with Crippen molar-refractivity contribution < 1.29 is 17.9 Å². The number of anilines is 1. The molecule has 0 aromatic heterocycles. The Morgan fingerprint density at radius 3 is 2.67 bits per heavy atom. The van der Waals surface area contributed by atoms with Crippen molar-refractivity contribution in [1.29, 1.82) is 0 Å². The first kappa shape index (κ1) is 21.4. The zero-order valence-electron chi connectivity index (χ0n) is 15.3. The Labute approximate surface area is 168 Å². The van der Waals surface area contributed by atoms with Crippen LogP contribution < -0.4 is 10.0 Å². The van der Waals surface area contributed by atoms with Crippen molar-refractivity contribution >= 4 is 37.5 Å². The molecule has 0 aliphatic carbocycles. The average Bonchev–Trinajstić information content (AvgIpc) is 2.64. The van der Waals surface area contributed by atoms with Crippen LogP contribution in [0, 0.1) is 6.92 Å². The second-order valence-corrected chi connectivity index (χ2v) is 8.61. The summed E-state index contributed by atoms with van der Waals surface area (Å²) in [5.41, 5.74) is 1.67. The molecule has 0 fully saturated rings. The van der Waals surface area contributed by atoms with Crippen LogP contribution >= 0.6 is 15.9 Å². The van der Waals surface area contributed by atoms with Gasteiger partial charge in [0, 0.05) is 30.3 Å². The first-order valence-electron chi connectivity index (χ1n) is 8.49. The number of unbranched alkanes of at least 4 members (excludes halogenated alkanes) is 1. The summed E-state index contributed by atoms with van der Waals surface area (Å²) in [4.78, 5) is 12.3. The summed E-state index contributed by atoms with van der Waals surface area (Å²) in [5.74, 6) is -0.304. The molecule has 2 aromatic rings. The topological polar surface area (TPSA) is 84.5 Å². The van der Waals surface area contributed by atoms with Crippen LogP contribution in [0.4, 0.5) is 5.69 Å². The summed E-state index contributed by atoms with van der Waals surface area (Å²) < 4.78 is 33.5. The number of nitrogens with one attached hydrogen (secondary N) is 2. The molecule has 0 saturated carbocycles. The van der Waals surface area contributed by atoms with Crippen molar-refractivity contribution in [2.24, 2.45) is 0 Å². The summed E-state index contributed by atoms with van der Waals surface area (Å²) in [7, 11) is -2.18. The molecule has 0 aliphatic rings. The zero-order valence-corrected chi connectivity index (χ0v) is 17.7. The molecule has 0 atom stereocenters. The Balaban J connectivity index is 2.11. The van der Waals surface area contributed by atoms with Crippen LogP contribution in [-0.4, -0.2) is 34.6 Å². The van der Waals surface area contributed by atoms with Crippen LogP contribution in [0.5, 0.6) is 0 Å². The van der Waals surface area contributed by atoms with Crippen LogP contribution in [0.15, 0.2) is 51.8 Å². The number of carbonyl (C=O) groups is 1. The van der Waals surface area contributed by atoms with E-state index in [4.69, 9.17) is 4.74 Å². The van der Waals surface area contributed by atoms with Crippen LogP contribution in [0.2, 0.25) is 0 Å². The third-order valence-electron chi connectivity index (χ3n) is 3.83. The minimum absolute atomic E-state index is 0.0305. The van der Waals surface area contributed by atoms with E-state index < -0.39 is 10.0 Å². The SMILES string of the molecule is COCCCCNC(=O)c1cccc(S(=O)(=O)Nc2cc(C)ccc2Br)c1. The summed E-state index contributed by atoms with van der Waals surface area (Å²) in [6.45, 7) is 3.03. The number of sulfonamides is 1. The summed E-state index contributed by atoms with van der Waals surface area (Å²) in [6, 6.07) is 11.4. The number of halogens is 1. The van der Waals surface area contributed by atoms with E-state index in [1.807, 2.05) is 13.0 Å². The highest BCUT2D eigenvalue weighted by atomic mass is 79.9. The van der Waals surface area contributed by atoms with Crippen molar-refractivity contribution in [1.82, 2.24) is 5.32 Å². The van der Waals surface area contributed by atoms with Gasteiger partial charge in [0.25, 0.3) is 15.9 Å². The number of hydrogen-bond donors (Lipinski definition) is 2. The van der Waals surface area contributed by atoms with E-state index in [9.17, 15) is 13.2 Å². The molecule has 2 aromatic carbocycles. The Hall–Kier alpha value is -1.90. The molecule has 2 rings (SSSR count). The molecule has 6 nitrogen and oxygen atoms in total. The van der Waals surface area contributed by atoms with Gasteiger partial charge in [-0.25, -0.2) is 8.42 Å². The van der Waals surface area contributed by atoms with E-state index in [1.54, 1.807) is 31.4 Å². The molecule has 1 amide bonds. The minimum atomic E-state index is -3.82. The monoisotopic (exact) mass is 454 g/mol. The Bertz CT molecular complexity index is 900. The van der Waals surface area contributed by atoms with Crippen molar-refractivity contribution in [2.45, 2.75) is 24.7 Å². The molecule has 0 radical (unpaired) electrons. The number of benzene rings is 2. The van der Waals surface area contributed by atoms with Gasteiger partial charge in [-0.05, 0) is 71.6 Å². The third kappa shape index (κ3) is 6.34. The van der Waals surface area contributed by atoms with Gasteiger partial charge in [0.2, 0.25) is 0 Å². The predicted molar refractivity (Wildman–Crippen MR) is 110 cm³/mol. The molecular weight excluding hydrogens is 432 g/mol. The number of ether oxygens (including phenoxy) is 1. The lowest BCUT2D eigenvalue weighted by Gasteiger charge is -2.12. The van der Waals surface area contributed by atoms with Gasteiger partial charge in [-0.2, -0.15) is 0 Å². The molecule has 27 heavy (non-hydrogen) atoms. The van der Waals surface area contributed by atoms with Crippen LogP contribution in [0.1, 0.15) is 28.8 Å². The Morgan fingerprint density at radius 2 is 1.93 bits per heavy atom. The fourth-order valence-corrected chi connectivity index (χ4v) is 3.99. The van der Waals surface area contributed by atoms with Gasteiger partial charge in [0.05, 0.1) is 10.6 Å². The van der Waals surface area contributed by atoms with Crippen molar-refractivity contribution in [3.05, 3.63) is 58.1 Å². The maximum absolute atomic E-state index is 12.7. The van der Waals surface area contributed by atoms with Gasteiger partial charge in [-0.1, -0.05) is 12.1 Å². The van der Waals surface area contributed by atoms with E-state index >= 15 is 0 Å². The predicted octanol–water partition coefficient (Wildman–Crippen LogP) is 3.71. The van der Waals surface area contributed by atoms with Crippen LogP contribution in [-0.2, 0) is 14.8 Å². The molecule has 0 saturated heterocycles. The van der Waals surface area contributed by atoms with E-state index in [-0.39, 0.29) is 10.8 Å². The number of methoxy groups -OCH3 is 1. The molecule has 8 heteroatoms. The van der Waals surface area contributed by atoms with E-state index in [2.05, 4.69) is 26.0 Å². The van der Waals surface area contributed by atoms with Gasteiger partial charge in [0.15, 0.2) is 0 Å². The quantitative estimate of drug-likeness (QED) is 0.565. The molecule has 0 unspecified atom stereocenters. The number of hydrogen-bond acceptors (Lipinski definition) is 4. The first-order valence-corrected chi connectivity index (χ1v) is 10.8. The highest BCUT2D eigenvalue weighted by Crippen LogP contribution is 2.26. The minimum Gasteiger partial charge on any atom is -0.385 e. The molecule has 0 heterocycles. The third-order valence-corrected chi connectivity index (χ3v) is 5.89. The van der Waals surface area contributed by atoms with Crippen molar-refractivity contribution in [3.63, 3.8) is 0 Å². The van der Waals surface area contributed by atoms with Gasteiger partial charge in [-0.3, -0.25) is 9.52 Å². The molecule has 146 valence electrons. The van der Waals surface area contributed by atoms with E-state index in [0.29, 0.717) is 28.9 Å². The fraction of sp³-hybridized carbons (Fsp3) is 0.316. The lowest BCUT2D eigenvalue weighted by atomic mass is 10.2. The van der Waals surface area contributed by atoms with Gasteiger partial charge in [-0.15, -0.1) is 0 Å². The maximum Gasteiger partial charge on any atom is 0.261 e. The average molecular weight is 455 g/mol. The number of rotatable bonds is 9. The molecule has 0 aliphatic heterocycles.